The van der Waals surface area contributed by atoms with Gasteiger partial charge in [-0.15, -0.1) is 0 Å². The Morgan fingerprint density at radius 3 is 3.04 bits per heavy atom. The summed E-state index contributed by atoms with van der Waals surface area (Å²) in [5.41, 5.74) is 2.25. The van der Waals surface area contributed by atoms with Crippen molar-refractivity contribution in [3.8, 4) is 0 Å². The van der Waals surface area contributed by atoms with Crippen molar-refractivity contribution in [1.82, 2.24) is 15.2 Å². The van der Waals surface area contributed by atoms with E-state index in [1.807, 2.05) is 29.3 Å². The third-order valence-corrected chi connectivity index (χ3v) is 4.87. The van der Waals surface area contributed by atoms with Crippen molar-refractivity contribution in [2.75, 3.05) is 26.3 Å². The van der Waals surface area contributed by atoms with Gasteiger partial charge in [0.15, 0.2) is 0 Å². The maximum atomic E-state index is 12.7. The van der Waals surface area contributed by atoms with Crippen molar-refractivity contribution in [1.29, 1.82) is 0 Å². The zero-order valence-corrected chi connectivity index (χ0v) is 13.5. The van der Waals surface area contributed by atoms with Crippen LogP contribution in [0.1, 0.15) is 12.0 Å². The molecular formula is C18H21N3O3. The van der Waals surface area contributed by atoms with E-state index in [0.717, 1.165) is 11.1 Å². The fraction of sp³-hybridized carbons (Fsp3) is 0.444. The number of carbonyl (C=O) groups is 2. The van der Waals surface area contributed by atoms with E-state index in [2.05, 4.69) is 16.4 Å². The Bertz CT molecular complexity index is 770. The van der Waals surface area contributed by atoms with E-state index in [1.165, 1.54) is 5.39 Å². The zero-order chi connectivity index (χ0) is 16.5. The van der Waals surface area contributed by atoms with Crippen LogP contribution in [0.4, 0.5) is 0 Å². The number of nitrogens with zero attached hydrogens (tertiary/aromatic N) is 1. The molecule has 0 aliphatic carbocycles. The molecule has 6 heteroatoms. The molecule has 2 saturated heterocycles. The van der Waals surface area contributed by atoms with Crippen molar-refractivity contribution in [2.24, 2.45) is 5.92 Å². The number of ether oxygens (including phenoxy) is 1. The number of aromatic nitrogens is 1. The SMILES string of the molecule is O=C1N[C@@H]2COC[C@H]1CN(C(=O)CCc1c[nH]c3ccccc13)C2. The number of hydrogen-bond donors (Lipinski definition) is 2. The predicted molar refractivity (Wildman–Crippen MR) is 89.4 cm³/mol. The number of para-hydroxylation sites is 1. The van der Waals surface area contributed by atoms with Crippen molar-refractivity contribution in [2.45, 2.75) is 18.9 Å². The number of H-pyrrole nitrogens is 1. The molecule has 2 aliphatic heterocycles. The van der Waals surface area contributed by atoms with E-state index in [9.17, 15) is 9.59 Å². The summed E-state index contributed by atoms with van der Waals surface area (Å²) in [6.45, 7) is 1.87. The number of nitrogens with one attached hydrogen (secondary N) is 2. The fourth-order valence-electron chi connectivity index (χ4n) is 3.57. The summed E-state index contributed by atoms with van der Waals surface area (Å²) in [5, 5.41) is 4.13. The van der Waals surface area contributed by atoms with Gasteiger partial charge in [-0.05, 0) is 18.1 Å². The largest absolute Gasteiger partial charge is 0.378 e. The average Bonchev–Trinajstić information content (AvgIpc) is 2.80. The van der Waals surface area contributed by atoms with Gasteiger partial charge in [0.2, 0.25) is 11.8 Å². The third-order valence-electron chi connectivity index (χ3n) is 4.87. The van der Waals surface area contributed by atoms with Crippen LogP contribution in [0.15, 0.2) is 30.5 Å². The van der Waals surface area contributed by atoms with Crippen molar-refractivity contribution < 1.29 is 14.3 Å². The highest BCUT2D eigenvalue weighted by atomic mass is 16.5. The van der Waals surface area contributed by atoms with Gasteiger partial charge in [-0.3, -0.25) is 9.59 Å². The summed E-state index contributed by atoms with van der Waals surface area (Å²) in [6.07, 6.45) is 3.14. The van der Waals surface area contributed by atoms with Crippen LogP contribution in [0.2, 0.25) is 0 Å². The lowest BCUT2D eigenvalue weighted by Crippen LogP contribution is -2.44. The number of aryl methyl sites for hydroxylation is 1. The molecule has 3 heterocycles. The van der Waals surface area contributed by atoms with E-state index in [0.29, 0.717) is 39.1 Å². The second-order valence-corrected chi connectivity index (χ2v) is 6.60. The maximum Gasteiger partial charge on any atom is 0.227 e. The molecule has 2 atom stereocenters. The lowest BCUT2D eigenvalue weighted by Gasteiger charge is -2.27. The minimum Gasteiger partial charge on any atom is -0.378 e. The first-order valence-electron chi connectivity index (χ1n) is 8.41. The first kappa shape index (κ1) is 15.2. The topological polar surface area (TPSA) is 74.4 Å². The number of amides is 2. The quantitative estimate of drug-likeness (QED) is 0.886. The van der Waals surface area contributed by atoms with Gasteiger partial charge in [-0.1, -0.05) is 18.2 Å². The van der Waals surface area contributed by atoms with Crippen LogP contribution in [-0.4, -0.2) is 54.0 Å². The smallest absolute Gasteiger partial charge is 0.227 e. The van der Waals surface area contributed by atoms with E-state index in [4.69, 9.17) is 4.74 Å². The van der Waals surface area contributed by atoms with Crippen LogP contribution in [-0.2, 0) is 20.7 Å². The number of benzene rings is 1. The minimum atomic E-state index is -0.255. The van der Waals surface area contributed by atoms with Gasteiger partial charge in [0.05, 0.1) is 25.2 Å². The van der Waals surface area contributed by atoms with Crippen LogP contribution >= 0.6 is 0 Å². The van der Waals surface area contributed by atoms with Crippen LogP contribution in [0.5, 0.6) is 0 Å². The minimum absolute atomic E-state index is 0.00410. The Labute approximate surface area is 140 Å². The summed E-state index contributed by atoms with van der Waals surface area (Å²) in [4.78, 5) is 29.7. The summed E-state index contributed by atoms with van der Waals surface area (Å²) >= 11 is 0. The first-order valence-corrected chi connectivity index (χ1v) is 8.41. The van der Waals surface area contributed by atoms with Crippen molar-refractivity contribution >= 4 is 22.7 Å². The summed E-state index contributed by atoms with van der Waals surface area (Å²) in [7, 11) is 0. The molecule has 1 aromatic carbocycles. The molecule has 0 unspecified atom stereocenters. The average molecular weight is 327 g/mol. The van der Waals surface area contributed by atoms with E-state index in [1.54, 1.807) is 0 Å². The number of aromatic amines is 1. The van der Waals surface area contributed by atoms with Crippen LogP contribution in [0.3, 0.4) is 0 Å². The Morgan fingerprint density at radius 2 is 2.12 bits per heavy atom. The van der Waals surface area contributed by atoms with Crippen LogP contribution in [0.25, 0.3) is 10.9 Å². The monoisotopic (exact) mass is 327 g/mol. The number of rotatable bonds is 3. The van der Waals surface area contributed by atoms with Crippen molar-refractivity contribution in [3.05, 3.63) is 36.0 Å². The first-order chi connectivity index (χ1) is 11.7. The Kier molecular flexibility index (Phi) is 3.98. The zero-order valence-electron chi connectivity index (χ0n) is 13.5. The molecule has 2 aliphatic rings. The highest BCUT2D eigenvalue weighted by molar-refractivity contribution is 5.85. The molecule has 2 fully saturated rings. The molecule has 2 N–H and O–H groups in total. The van der Waals surface area contributed by atoms with Gasteiger partial charge in [0.25, 0.3) is 0 Å². The summed E-state index contributed by atoms with van der Waals surface area (Å²) < 4.78 is 5.50. The Balaban J connectivity index is 1.43. The molecule has 0 spiro atoms. The molecule has 4 rings (SSSR count). The van der Waals surface area contributed by atoms with Crippen molar-refractivity contribution in [3.63, 3.8) is 0 Å². The van der Waals surface area contributed by atoms with Gasteiger partial charge >= 0.3 is 0 Å². The van der Waals surface area contributed by atoms with Gasteiger partial charge in [0, 0.05) is 36.6 Å². The molecule has 24 heavy (non-hydrogen) atoms. The van der Waals surface area contributed by atoms with E-state index in [-0.39, 0.29) is 23.8 Å². The molecule has 1 aromatic heterocycles. The number of fused-ring (bicyclic) bond motifs is 4. The molecule has 0 saturated carbocycles. The normalized spacial score (nSPS) is 23.8. The number of carbonyl (C=O) groups excluding carboxylic acids is 2. The van der Waals surface area contributed by atoms with E-state index < -0.39 is 0 Å². The lowest BCUT2D eigenvalue weighted by atomic mass is 10.1. The predicted octanol–water partition coefficient (Wildman–Crippen LogP) is 1.07. The van der Waals surface area contributed by atoms with Gasteiger partial charge < -0.3 is 19.9 Å². The Hall–Kier alpha value is -2.34. The third kappa shape index (κ3) is 2.89. The van der Waals surface area contributed by atoms with Gasteiger partial charge in [-0.25, -0.2) is 0 Å². The fourth-order valence-corrected chi connectivity index (χ4v) is 3.57. The molecule has 126 valence electrons. The summed E-state index contributed by atoms with van der Waals surface area (Å²) in [5.74, 6) is -0.146. The molecule has 0 radical (unpaired) electrons. The second kappa shape index (κ2) is 6.28. The molecule has 6 nitrogen and oxygen atoms in total. The molecule has 2 aromatic rings. The second-order valence-electron chi connectivity index (χ2n) is 6.60. The lowest BCUT2D eigenvalue weighted by molar-refractivity contribution is -0.133. The van der Waals surface area contributed by atoms with Crippen LogP contribution < -0.4 is 5.32 Å². The molecule has 2 bridgehead atoms. The molecular weight excluding hydrogens is 306 g/mol. The van der Waals surface area contributed by atoms with E-state index >= 15 is 0 Å². The van der Waals surface area contributed by atoms with Gasteiger partial charge in [0.1, 0.15) is 0 Å². The number of hydrogen-bond acceptors (Lipinski definition) is 3. The Morgan fingerprint density at radius 1 is 1.25 bits per heavy atom. The highest BCUT2D eigenvalue weighted by Gasteiger charge is 2.34. The highest BCUT2D eigenvalue weighted by Crippen LogP contribution is 2.20. The standard InChI is InChI=1S/C18H21N3O3/c22-17(6-5-12-7-19-16-4-2-1-3-15(12)16)21-8-13-10-24-11-14(9-21)20-18(13)23/h1-4,7,13-14,19H,5-6,8-11H2,(H,20,23)/t13-,14+/m1/s1. The molecule has 2 amide bonds. The van der Waals surface area contributed by atoms with Crippen LogP contribution in [0, 0.1) is 5.92 Å². The summed E-state index contributed by atoms with van der Waals surface area (Å²) in [6, 6.07) is 8.02. The maximum absolute atomic E-state index is 12.7. The van der Waals surface area contributed by atoms with Gasteiger partial charge in [-0.2, -0.15) is 0 Å².